The highest BCUT2D eigenvalue weighted by Crippen LogP contribution is 2.12. The largest absolute Gasteiger partial charge is 0.296 e. The molecule has 0 bridgehead atoms. The molecule has 0 saturated heterocycles. The number of alkyl halides is 1. The molecule has 1 atom stereocenters. The molecule has 0 aliphatic heterocycles. The van der Waals surface area contributed by atoms with Crippen molar-refractivity contribution < 1.29 is 0 Å². The van der Waals surface area contributed by atoms with E-state index >= 15 is 0 Å². The van der Waals surface area contributed by atoms with Crippen molar-refractivity contribution >= 4 is 15.9 Å². The van der Waals surface area contributed by atoms with E-state index in [1.54, 1.807) is 0 Å². The first-order chi connectivity index (χ1) is 7.63. The van der Waals surface area contributed by atoms with E-state index in [9.17, 15) is 0 Å². The molecular formula is C14H22BrN. The van der Waals surface area contributed by atoms with Crippen LogP contribution in [0.4, 0.5) is 0 Å². The maximum absolute atomic E-state index is 3.55. The van der Waals surface area contributed by atoms with Gasteiger partial charge in [-0.15, -0.1) is 0 Å². The van der Waals surface area contributed by atoms with Gasteiger partial charge in [-0.3, -0.25) is 4.90 Å². The molecule has 0 aliphatic rings. The number of nitrogens with zero attached hydrogens (tertiary/aromatic N) is 1. The number of rotatable bonds is 6. The molecule has 0 fully saturated rings. The first-order valence-corrected chi connectivity index (χ1v) is 7.09. The molecule has 0 spiro atoms. The Labute approximate surface area is 108 Å². The first-order valence-electron chi connectivity index (χ1n) is 5.97. The van der Waals surface area contributed by atoms with Crippen molar-refractivity contribution in [2.24, 2.45) is 5.92 Å². The molecular weight excluding hydrogens is 262 g/mol. The van der Waals surface area contributed by atoms with Crippen LogP contribution in [0.3, 0.4) is 0 Å². The third-order valence-corrected chi connectivity index (χ3v) is 3.87. The lowest BCUT2D eigenvalue weighted by Crippen LogP contribution is -2.34. The summed E-state index contributed by atoms with van der Waals surface area (Å²) in [5.74, 6) is 0.700. The maximum Gasteiger partial charge on any atom is 0.0236 e. The van der Waals surface area contributed by atoms with E-state index in [-0.39, 0.29) is 0 Å². The Bertz CT molecular complexity index is 284. The number of halogens is 1. The lowest BCUT2D eigenvalue weighted by Gasteiger charge is -2.28. The summed E-state index contributed by atoms with van der Waals surface area (Å²) in [4.78, 5) is 2.53. The lowest BCUT2D eigenvalue weighted by atomic mass is 10.1. The molecule has 0 heterocycles. The Balaban J connectivity index is 2.58. The van der Waals surface area contributed by atoms with Crippen molar-refractivity contribution in [1.82, 2.24) is 4.90 Å². The van der Waals surface area contributed by atoms with E-state index in [2.05, 4.69) is 71.9 Å². The molecule has 1 nitrogen and oxygen atoms in total. The van der Waals surface area contributed by atoms with Gasteiger partial charge >= 0.3 is 0 Å². The molecule has 0 radical (unpaired) electrons. The van der Waals surface area contributed by atoms with Crippen LogP contribution in [-0.2, 0) is 6.54 Å². The Morgan fingerprint density at radius 2 is 1.75 bits per heavy atom. The van der Waals surface area contributed by atoms with Gasteiger partial charge < -0.3 is 0 Å². The quantitative estimate of drug-likeness (QED) is 0.715. The van der Waals surface area contributed by atoms with Gasteiger partial charge in [0, 0.05) is 24.5 Å². The predicted molar refractivity (Wildman–Crippen MR) is 74.9 cm³/mol. The molecule has 1 rings (SSSR count). The van der Waals surface area contributed by atoms with Crippen molar-refractivity contribution in [1.29, 1.82) is 0 Å². The highest BCUT2D eigenvalue weighted by Gasteiger charge is 2.13. The lowest BCUT2D eigenvalue weighted by molar-refractivity contribution is 0.191. The fourth-order valence-corrected chi connectivity index (χ4v) is 1.93. The highest BCUT2D eigenvalue weighted by molar-refractivity contribution is 9.09. The fraction of sp³-hybridized carbons (Fsp3) is 0.571. The van der Waals surface area contributed by atoms with E-state index in [0.717, 1.165) is 18.4 Å². The summed E-state index contributed by atoms with van der Waals surface area (Å²) in [6, 6.07) is 11.3. The van der Waals surface area contributed by atoms with Crippen LogP contribution in [0.1, 0.15) is 26.3 Å². The molecule has 0 aromatic heterocycles. The maximum atomic E-state index is 3.55. The molecule has 0 aliphatic carbocycles. The van der Waals surface area contributed by atoms with Gasteiger partial charge in [-0.05, 0) is 25.3 Å². The molecule has 90 valence electrons. The van der Waals surface area contributed by atoms with Crippen LogP contribution >= 0.6 is 15.9 Å². The second-order valence-electron chi connectivity index (χ2n) is 4.77. The van der Waals surface area contributed by atoms with Crippen LogP contribution < -0.4 is 0 Å². The van der Waals surface area contributed by atoms with Crippen molar-refractivity contribution in [3.05, 3.63) is 35.9 Å². The molecule has 16 heavy (non-hydrogen) atoms. The third kappa shape index (κ3) is 4.67. The molecule has 1 aromatic rings. The van der Waals surface area contributed by atoms with Crippen molar-refractivity contribution in [2.75, 3.05) is 11.9 Å². The van der Waals surface area contributed by atoms with Crippen molar-refractivity contribution in [2.45, 2.75) is 33.4 Å². The monoisotopic (exact) mass is 283 g/mol. The van der Waals surface area contributed by atoms with Gasteiger partial charge in [-0.1, -0.05) is 53.2 Å². The first kappa shape index (κ1) is 13.7. The van der Waals surface area contributed by atoms with E-state index in [1.807, 2.05) is 0 Å². The van der Waals surface area contributed by atoms with E-state index in [1.165, 1.54) is 5.56 Å². The summed E-state index contributed by atoms with van der Waals surface area (Å²) >= 11 is 3.55. The summed E-state index contributed by atoms with van der Waals surface area (Å²) in [5, 5.41) is 1.07. The average molecular weight is 284 g/mol. The number of hydrogen-bond acceptors (Lipinski definition) is 1. The summed E-state index contributed by atoms with van der Waals surface area (Å²) in [6.45, 7) is 9.02. The van der Waals surface area contributed by atoms with E-state index in [4.69, 9.17) is 0 Å². The Hall–Kier alpha value is -0.340. The fourth-order valence-electron chi connectivity index (χ4n) is 1.72. The molecule has 0 saturated carbocycles. The topological polar surface area (TPSA) is 3.24 Å². The standard InChI is InChI=1S/C14H22BrN/c1-12(2)16(10-13(3)9-15)11-14-7-5-4-6-8-14/h4-8,12-13H,9-11H2,1-3H3. The molecule has 0 amide bonds. The second-order valence-corrected chi connectivity index (χ2v) is 5.42. The zero-order valence-electron chi connectivity index (χ0n) is 10.5. The van der Waals surface area contributed by atoms with Crippen LogP contribution in [0.25, 0.3) is 0 Å². The van der Waals surface area contributed by atoms with Gasteiger partial charge in [-0.2, -0.15) is 0 Å². The van der Waals surface area contributed by atoms with Crippen LogP contribution in [0.5, 0.6) is 0 Å². The third-order valence-electron chi connectivity index (χ3n) is 2.77. The van der Waals surface area contributed by atoms with Gasteiger partial charge in [0.25, 0.3) is 0 Å². The second kappa shape index (κ2) is 7.08. The predicted octanol–water partition coefficient (Wildman–Crippen LogP) is 3.93. The minimum atomic E-state index is 0.599. The minimum Gasteiger partial charge on any atom is -0.296 e. The smallest absolute Gasteiger partial charge is 0.0236 e. The van der Waals surface area contributed by atoms with Gasteiger partial charge in [0.05, 0.1) is 0 Å². The molecule has 1 unspecified atom stereocenters. The molecule has 0 N–H and O–H groups in total. The zero-order valence-corrected chi connectivity index (χ0v) is 12.1. The van der Waals surface area contributed by atoms with Crippen LogP contribution in [-0.4, -0.2) is 22.8 Å². The number of benzene rings is 1. The van der Waals surface area contributed by atoms with Gasteiger partial charge in [-0.25, -0.2) is 0 Å². The minimum absolute atomic E-state index is 0.599. The van der Waals surface area contributed by atoms with Gasteiger partial charge in [0.2, 0.25) is 0 Å². The Morgan fingerprint density at radius 1 is 1.12 bits per heavy atom. The summed E-state index contributed by atoms with van der Waals surface area (Å²) in [6.07, 6.45) is 0. The van der Waals surface area contributed by atoms with Gasteiger partial charge in [0.15, 0.2) is 0 Å². The Kier molecular flexibility index (Phi) is 6.07. The number of hydrogen-bond donors (Lipinski definition) is 0. The van der Waals surface area contributed by atoms with E-state index < -0.39 is 0 Å². The van der Waals surface area contributed by atoms with E-state index in [0.29, 0.717) is 12.0 Å². The van der Waals surface area contributed by atoms with Crippen molar-refractivity contribution in [3.8, 4) is 0 Å². The molecule has 1 aromatic carbocycles. The highest BCUT2D eigenvalue weighted by atomic mass is 79.9. The normalized spacial score (nSPS) is 13.4. The van der Waals surface area contributed by atoms with Crippen LogP contribution in [0.2, 0.25) is 0 Å². The van der Waals surface area contributed by atoms with Crippen LogP contribution in [0.15, 0.2) is 30.3 Å². The summed E-state index contributed by atoms with van der Waals surface area (Å²) in [7, 11) is 0. The zero-order chi connectivity index (χ0) is 12.0. The van der Waals surface area contributed by atoms with Crippen LogP contribution in [0, 0.1) is 5.92 Å². The van der Waals surface area contributed by atoms with Gasteiger partial charge in [0.1, 0.15) is 0 Å². The summed E-state index contributed by atoms with van der Waals surface area (Å²) in [5.41, 5.74) is 1.40. The SMILES string of the molecule is CC(CBr)CN(Cc1ccccc1)C(C)C. The van der Waals surface area contributed by atoms with Crippen molar-refractivity contribution in [3.63, 3.8) is 0 Å². The molecule has 2 heteroatoms. The summed E-state index contributed by atoms with van der Waals surface area (Å²) < 4.78 is 0. The average Bonchev–Trinajstić information content (AvgIpc) is 2.29. The Morgan fingerprint density at radius 3 is 2.25 bits per heavy atom.